The number of amides is 3. The third-order valence-electron chi connectivity index (χ3n) is 2.87. The first kappa shape index (κ1) is 26.0. The molecule has 29 heavy (non-hydrogen) atoms. The minimum absolute atomic E-state index is 0.522. The summed E-state index contributed by atoms with van der Waals surface area (Å²) in [4.78, 5) is 57.8. The van der Waals surface area contributed by atoms with Gasteiger partial charge in [-0.15, -0.1) is 0 Å². The third kappa shape index (κ3) is 12.9. The van der Waals surface area contributed by atoms with E-state index < -0.39 is 66.3 Å². The Hall–Kier alpha value is -3.05. The topological polar surface area (TPSA) is 180 Å². The Bertz CT molecular complexity index is 635. The molecule has 0 fully saturated rings. The predicted octanol–water partition coefficient (Wildman–Crippen LogP) is 0.449. The lowest BCUT2D eigenvalue weighted by Gasteiger charge is -2.23. The van der Waals surface area contributed by atoms with Crippen LogP contribution in [0.2, 0.25) is 0 Å². The number of nitrogens with one attached hydrogen (secondary N) is 3. The number of alkyl carbamates (subject to hydrolysis) is 2. The van der Waals surface area contributed by atoms with Crippen molar-refractivity contribution in [2.75, 3.05) is 6.54 Å². The molecule has 5 N–H and O–H groups in total. The molecule has 12 nitrogen and oxygen atoms in total. The number of hydrogen-bond donors (Lipinski definition) is 5. The number of carbonyl (C=O) groups is 5. The van der Waals surface area contributed by atoms with E-state index >= 15 is 0 Å². The second-order valence-electron chi connectivity index (χ2n) is 8.08. The highest BCUT2D eigenvalue weighted by Gasteiger charge is 2.28. The molecular weight excluding hydrogens is 390 g/mol. The fraction of sp³-hybridized carbons (Fsp3) is 0.706. The molecule has 166 valence electrons. The third-order valence-corrected chi connectivity index (χ3v) is 2.87. The number of aliphatic carboxylic acids is 2. The van der Waals surface area contributed by atoms with E-state index in [0.29, 0.717) is 0 Å². The molecule has 0 aliphatic heterocycles. The van der Waals surface area contributed by atoms with Crippen LogP contribution in [0.25, 0.3) is 0 Å². The number of carboxylic acids is 2. The van der Waals surface area contributed by atoms with Crippen LogP contribution >= 0.6 is 0 Å². The molecule has 0 aliphatic rings. The summed E-state index contributed by atoms with van der Waals surface area (Å²) in [5, 5.41) is 24.6. The first-order valence-corrected chi connectivity index (χ1v) is 8.71. The van der Waals surface area contributed by atoms with E-state index in [1.54, 1.807) is 41.5 Å². The van der Waals surface area contributed by atoms with Crippen molar-refractivity contribution in [1.82, 2.24) is 16.0 Å². The minimum Gasteiger partial charge on any atom is -0.480 e. The first-order valence-electron chi connectivity index (χ1n) is 8.71. The van der Waals surface area contributed by atoms with E-state index in [1.165, 1.54) is 0 Å². The van der Waals surface area contributed by atoms with Crippen molar-refractivity contribution >= 4 is 30.0 Å². The van der Waals surface area contributed by atoms with Crippen LogP contribution in [0.5, 0.6) is 0 Å². The number of rotatable bonds is 8. The van der Waals surface area contributed by atoms with Gasteiger partial charge in [0, 0.05) is 6.54 Å². The van der Waals surface area contributed by atoms with Crippen LogP contribution in [0, 0.1) is 0 Å². The molecule has 0 saturated heterocycles. The fourth-order valence-corrected chi connectivity index (χ4v) is 1.77. The standard InChI is InChI=1S/C17H29N3O9/c1-16(2,3)28-14(26)19-9(12(22)23)7-11(21)18-8-10(13(24)25)20-15(27)29-17(4,5)6/h9-10H,7-8H2,1-6H3,(H,18,21)(H,19,26)(H,20,27)(H,22,23)(H,24,25)/t9-,10-/m0/s1. The highest BCUT2D eigenvalue weighted by atomic mass is 16.6. The van der Waals surface area contributed by atoms with Crippen molar-refractivity contribution in [3.8, 4) is 0 Å². The zero-order valence-corrected chi connectivity index (χ0v) is 17.3. The maximum absolute atomic E-state index is 12.0. The molecule has 12 heteroatoms. The van der Waals surface area contributed by atoms with Crippen LogP contribution in [0.1, 0.15) is 48.0 Å². The molecule has 0 aromatic carbocycles. The smallest absolute Gasteiger partial charge is 0.408 e. The highest BCUT2D eigenvalue weighted by molar-refractivity contribution is 5.87. The van der Waals surface area contributed by atoms with Crippen molar-refractivity contribution < 1.29 is 43.7 Å². The summed E-state index contributed by atoms with van der Waals surface area (Å²) in [7, 11) is 0. The average Bonchev–Trinajstić information content (AvgIpc) is 2.46. The monoisotopic (exact) mass is 419 g/mol. The van der Waals surface area contributed by atoms with E-state index in [2.05, 4.69) is 10.6 Å². The molecule has 0 radical (unpaired) electrons. The van der Waals surface area contributed by atoms with Crippen LogP contribution in [-0.2, 0) is 23.9 Å². The van der Waals surface area contributed by atoms with Crippen molar-refractivity contribution in [1.29, 1.82) is 0 Å². The fourth-order valence-electron chi connectivity index (χ4n) is 1.77. The lowest BCUT2D eigenvalue weighted by molar-refractivity contribution is -0.142. The average molecular weight is 419 g/mol. The Labute approximate surface area is 168 Å². The van der Waals surface area contributed by atoms with Crippen LogP contribution in [-0.4, -0.2) is 70.1 Å². The van der Waals surface area contributed by atoms with Crippen LogP contribution in [0.4, 0.5) is 9.59 Å². The number of hydrogen-bond acceptors (Lipinski definition) is 7. The van der Waals surface area contributed by atoms with Crippen LogP contribution < -0.4 is 16.0 Å². The Morgan fingerprint density at radius 2 is 1.14 bits per heavy atom. The molecule has 0 heterocycles. The lowest BCUT2D eigenvalue weighted by atomic mass is 10.2. The number of carbonyl (C=O) groups excluding carboxylic acids is 3. The van der Waals surface area contributed by atoms with Gasteiger partial charge in [0.15, 0.2) is 0 Å². The van der Waals surface area contributed by atoms with Crippen LogP contribution in [0.15, 0.2) is 0 Å². The van der Waals surface area contributed by atoms with Gasteiger partial charge in [-0.05, 0) is 41.5 Å². The predicted molar refractivity (Wildman–Crippen MR) is 99.2 cm³/mol. The van der Waals surface area contributed by atoms with Gasteiger partial charge in [0.1, 0.15) is 23.3 Å². The molecule has 0 spiro atoms. The van der Waals surface area contributed by atoms with E-state index in [4.69, 9.17) is 19.7 Å². The van der Waals surface area contributed by atoms with Gasteiger partial charge in [-0.3, -0.25) is 4.79 Å². The summed E-state index contributed by atoms with van der Waals surface area (Å²) < 4.78 is 9.87. The molecule has 2 atom stereocenters. The second-order valence-corrected chi connectivity index (χ2v) is 8.08. The normalized spacial score (nSPS) is 13.4. The molecule has 0 aliphatic carbocycles. The molecule has 0 bridgehead atoms. The van der Waals surface area contributed by atoms with Gasteiger partial charge >= 0.3 is 24.1 Å². The Kier molecular flexibility index (Phi) is 9.38. The summed E-state index contributed by atoms with van der Waals surface area (Å²) >= 11 is 0. The number of ether oxygens (including phenoxy) is 2. The van der Waals surface area contributed by atoms with Gasteiger partial charge in [-0.2, -0.15) is 0 Å². The van der Waals surface area contributed by atoms with Crippen molar-refractivity contribution in [3.63, 3.8) is 0 Å². The van der Waals surface area contributed by atoms with E-state index in [1.807, 2.05) is 5.32 Å². The summed E-state index contributed by atoms with van der Waals surface area (Å²) in [6, 6.07) is -3.09. The maximum Gasteiger partial charge on any atom is 0.408 e. The zero-order chi connectivity index (χ0) is 23.0. The van der Waals surface area contributed by atoms with Crippen molar-refractivity contribution in [2.24, 2.45) is 0 Å². The first-order chi connectivity index (χ1) is 13.0. The summed E-state index contributed by atoms with van der Waals surface area (Å²) in [6.07, 6.45) is -2.69. The molecule has 0 rings (SSSR count). The summed E-state index contributed by atoms with van der Waals surface area (Å²) in [5.41, 5.74) is -1.71. The largest absolute Gasteiger partial charge is 0.480 e. The Morgan fingerprint density at radius 3 is 1.48 bits per heavy atom. The quantitative estimate of drug-likeness (QED) is 0.373. The van der Waals surface area contributed by atoms with Gasteiger partial charge < -0.3 is 35.6 Å². The van der Waals surface area contributed by atoms with Gasteiger partial charge in [0.25, 0.3) is 0 Å². The second kappa shape index (κ2) is 10.5. The summed E-state index contributed by atoms with van der Waals surface area (Å²) in [6.45, 7) is 9.00. The van der Waals surface area contributed by atoms with Gasteiger partial charge in [-0.1, -0.05) is 0 Å². The minimum atomic E-state index is -1.59. The molecule has 0 aromatic rings. The van der Waals surface area contributed by atoms with Crippen LogP contribution in [0.3, 0.4) is 0 Å². The molecule has 0 aromatic heterocycles. The molecular formula is C17H29N3O9. The van der Waals surface area contributed by atoms with Crippen molar-refractivity contribution in [3.05, 3.63) is 0 Å². The number of carboxylic acid groups (broad SMARTS) is 2. The molecule has 3 amide bonds. The van der Waals surface area contributed by atoms with Gasteiger partial charge in [0.2, 0.25) is 5.91 Å². The molecule has 0 saturated carbocycles. The zero-order valence-electron chi connectivity index (χ0n) is 17.3. The lowest BCUT2D eigenvalue weighted by Crippen LogP contribution is -2.51. The summed E-state index contributed by atoms with van der Waals surface area (Å²) in [5.74, 6) is -3.77. The SMILES string of the molecule is CC(C)(C)OC(=O)N[C@@H](CNC(=O)C[C@H](NC(=O)OC(C)(C)C)C(=O)O)C(=O)O. The highest BCUT2D eigenvalue weighted by Crippen LogP contribution is 2.08. The van der Waals surface area contributed by atoms with E-state index in [-0.39, 0.29) is 0 Å². The van der Waals surface area contributed by atoms with E-state index in [9.17, 15) is 24.0 Å². The van der Waals surface area contributed by atoms with E-state index in [0.717, 1.165) is 0 Å². The molecule has 0 unspecified atom stereocenters. The van der Waals surface area contributed by atoms with Crippen molar-refractivity contribution in [2.45, 2.75) is 71.2 Å². The van der Waals surface area contributed by atoms with Gasteiger partial charge in [0.05, 0.1) is 6.42 Å². The Balaban J connectivity index is 4.76. The van der Waals surface area contributed by atoms with Gasteiger partial charge in [-0.25, -0.2) is 19.2 Å². The maximum atomic E-state index is 12.0. The Morgan fingerprint density at radius 1 is 0.759 bits per heavy atom.